The summed E-state index contributed by atoms with van der Waals surface area (Å²) in [5, 5.41) is 2.93. The third-order valence-electron chi connectivity index (χ3n) is 4.68. The molecule has 0 unspecified atom stereocenters. The number of ether oxygens (including phenoxy) is 1. The molecule has 0 aliphatic carbocycles. The lowest BCUT2D eigenvalue weighted by Gasteiger charge is -2.31. The summed E-state index contributed by atoms with van der Waals surface area (Å²) in [5.41, 5.74) is 2.03. The van der Waals surface area contributed by atoms with Crippen molar-refractivity contribution in [3.63, 3.8) is 0 Å². The van der Waals surface area contributed by atoms with Crippen LogP contribution in [0.3, 0.4) is 0 Å². The van der Waals surface area contributed by atoms with Gasteiger partial charge in [0, 0.05) is 13.1 Å². The lowest BCUT2D eigenvalue weighted by molar-refractivity contribution is -0.143. The zero-order valence-electron chi connectivity index (χ0n) is 18.2. The van der Waals surface area contributed by atoms with Crippen LogP contribution in [0.15, 0.2) is 48.5 Å². The van der Waals surface area contributed by atoms with Gasteiger partial charge in [-0.15, -0.1) is 0 Å². The predicted molar refractivity (Wildman–Crippen MR) is 116 cm³/mol. The number of hydrogen-bond acceptors (Lipinski definition) is 3. The number of aryl methyl sites for hydroxylation is 1. The Bertz CT molecular complexity index is 837. The summed E-state index contributed by atoms with van der Waals surface area (Å²) in [4.78, 5) is 27.4. The minimum absolute atomic E-state index is 0.172. The Morgan fingerprint density at radius 1 is 1.13 bits per heavy atom. The fourth-order valence-corrected chi connectivity index (χ4v) is 3.11. The highest BCUT2D eigenvalue weighted by molar-refractivity contribution is 5.88. The van der Waals surface area contributed by atoms with E-state index in [1.807, 2.05) is 52.0 Å². The van der Waals surface area contributed by atoms with E-state index in [1.54, 1.807) is 4.90 Å². The molecule has 0 saturated heterocycles. The van der Waals surface area contributed by atoms with Gasteiger partial charge in [0.25, 0.3) is 5.91 Å². The summed E-state index contributed by atoms with van der Waals surface area (Å²) in [6.45, 7) is 8.54. The monoisotopic (exact) mass is 414 g/mol. The molecule has 0 aliphatic rings. The van der Waals surface area contributed by atoms with Gasteiger partial charge in [0.05, 0.1) is 0 Å². The van der Waals surface area contributed by atoms with Crippen LogP contribution < -0.4 is 10.1 Å². The highest BCUT2D eigenvalue weighted by Gasteiger charge is 2.29. The van der Waals surface area contributed by atoms with Crippen molar-refractivity contribution in [2.24, 2.45) is 5.92 Å². The topological polar surface area (TPSA) is 58.6 Å². The van der Waals surface area contributed by atoms with E-state index >= 15 is 0 Å². The number of rotatable bonds is 10. The number of carbonyl (C=O) groups excluding carboxylic acids is 2. The molecule has 1 atom stereocenters. The average molecular weight is 415 g/mol. The number of hydrogen-bond donors (Lipinski definition) is 1. The van der Waals surface area contributed by atoms with Crippen LogP contribution in [0.1, 0.15) is 38.3 Å². The molecule has 2 amide bonds. The molecule has 0 radical (unpaired) electrons. The van der Waals surface area contributed by atoms with Gasteiger partial charge in [0.15, 0.2) is 6.61 Å². The first-order valence-corrected chi connectivity index (χ1v) is 10.3. The Morgan fingerprint density at radius 2 is 1.83 bits per heavy atom. The van der Waals surface area contributed by atoms with Crippen molar-refractivity contribution in [3.05, 3.63) is 65.5 Å². The van der Waals surface area contributed by atoms with Gasteiger partial charge in [-0.25, -0.2) is 4.39 Å². The quantitative estimate of drug-likeness (QED) is 0.637. The molecule has 0 saturated carbocycles. The fourth-order valence-electron chi connectivity index (χ4n) is 3.11. The van der Waals surface area contributed by atoms with Gasteiger partial charge in [0.2, 0.25) is 5.91 Å². The van der Waals surface area contributed by atoms with Crippen molar-refractivity contribution < 1.29 is 18.7 Å². The second-order valence-corrected chi connectivity index (χ2v) is 7.82. The SMILES string of the molecule is CC[C@@H](C(=O)NCC(C)C)N(Cc1cccc(C)c1)C(=O)COc1ccc(F)cc1. The molecule has 0 bridgehead atoms. The first kappa shape index (κ1) is 23.4. The predicted octanol–water partition coefficient (Wildman–Crippen LogP) is 4.09. The van der Waals surface area contributed by atoms with Crippen molar-refractivity contribution in [3.8, 4) is 5.75 Å². The molecule has 1 N–H and O–H groups in total. The molecule has 6 heteroatoms. The molecule has 162 valence electrons. The van der Waals surface area contributed by atoms with Gasteiger partial charge in [-0.1, -0.05) is 50.6 Å². The second-order valence-electron chi connectivity index (χ2n) is 7.82. The van der Waals surface area contributed by atoms with E-state index in [-0.39, 0.29) is 24.2 Å². The number of benzene rings is 2. The number of nitrogens with one attached hydrogen (secondary N) is 1. The molecule has 0 aliphatic heterocycles. The summed E-state index contributed by atoms with van der Waals surface area (Å²) >= 11 is 0. The van der Waals surface area contributed by atoms with Crippen LogP contribution in [-0.4, -0.2) is 35.9 Å². The van der Waals surface area contributed by atoms with Crippen LogP contribution in [0.2, 0.25) is 0 Å². The Kier molecular flexibility index (Phi) is 8.84. The van der Waals surface area contributed by atoms with Crippen molar-refractivity contribution in [1.29, 1.82) is 0 Å². The standard InChI is InChI=1S/C24H31FN2O3/c1-5-22(24(29)26-14-17(2)3)27(15-19-8-6-7-18(4)13-19)23(28)16-30-21-11-9-20(25)10-12-21/h6-13,17,22H,5,14-16H2,1-4H3,(H,26,29)/t22-/m0/s1. The molecule has 2 rings (SSSR count). The van der Waals surface area contributed by atoms with Gasteiger partial charge >= 0.3 is 0 Å². The lowest BCUT2D eigenvalue weighted by atomic mass is 10.1. The van der Waals surface area contributed by atoms with Crippen LogP contribution in [0, 0.1) is 18.7 Å². The molecule has 2 aromatic rings. The van der Waals surface area contributed by atoms with E-state index in [4.69, 9.17) is 4.74 Å². The molecular weight excluding hydrogens is 383 g/mol. The molecule has 0 fully saturated rings. The van der Waals surface area contributed by atoms with Crippen LogP contribution >= 0.6 is 0 Å². The van der Waals surface area contributed by atoms with Gasteiger partial charge in [-0.3, -0.25) is 9.59 Å². The minimum Gasteiger partial charge on any atom is -0.484 e. The maximum absolute atomic E-state index is 13.1. The maximum atomic E-state index is 13.1. The third-order valence-corrected chi connectivity index (χ3v) is 4.68. The Balaban J connectivity index is 2.18. The zero-order valence-corrected chi connectivity index (χ0v) is 18.2. The zero-order chi connectivity index (χ0) is 22.1. The maximum Gasteiger partial charge on any atom is 0.261 e. The Labute approximate surface area is 178 Å². The first-order valence-electron chi connectivity index (χ1n) is 10.3. The first-order chi connectivity index (χ1) is 14.3. The van der Waals surface area contributed by atoms with Crippen molar-refractivity contribution in [2.45, 2.75) is 46.7 Å². The van der Waals surface area contributed by atoms with Gasteiger partial charge in [-0.05, 0) is 49.1 Å². The third kappa shape index (κ3) is 7.17. The second kappa shape index (κ2) is 11.3. The molecule has 2 aromatic carbocycles. The van der Waals surface area contributed by atoms with Crippen molar-refractivity contribution >= 4 is 11.8 Å². The van der Waals surface area contributed by atoms with Crippen LogP contribution in [-0.2, 0) is 16.1 Å². The fraction of sp³-hybridized carbons (Fsp3) is 0.417. The lowest BCUT2D eigenvalue weighted by Crippen LogP contribution is -2.50. The van der Waals surface area contributed by atoms with Crippen molar-refractivity contribution in [2.75, 3.05) is 13.2 Å². The van der Waals surface area contributed by atoms with Gasteiger partial charge in [-0.2, -0.15) is 0 Å². The number of halogens is 1. The largest absolute Gasteiger partial charge is 0.484 e. The number of amides is 2. The molecule has 0 spiro atoms. The van der Waals surface area contributed by atoms with Gasteiger partial charge < -0.3 is 15.0 Å². The molecular formula is C24H31FN2O3. The summed E-state index contributed by atoms with van der Waals surface area (Å²) in [5.74, 6) is -0.129. The highest BCUT2D eigenvalue weighted by atomic mass is 19.1. The molecule has 0 heterocycles. The van der Waals surface area contributed by atoms with E-state index in [9.17, 15) is 14.0 Å². The average Bonchev–Trinajstić information content (AvgIpc) is 2.71. The van der Waals surface area contributed by atoms with Crippen LogP contribution in [0.5, 0.6) is 5.75 Å². The van der Waals surface area contributed by atoms with Crippen LogP contribution in [0.4, 0.5) is 4.39 Å². The van der Waals surface area contributed by atoms with E-state index < -0.39 is 6.04 Å². The summed E-state index contributed by atoms with van der Waals surface area (Å²) in [7, 11) is 0. The van der Waals surface area contributed by atoms with E-state index in [0.29, 0.717) is 31.2 Å². The molecule has 30 heavy (non-hydrogen) atoms. The minimum atomic E-state index is -0.603. The van der Waals surface area contributed by atoms with E-state index in [0.717, 1.165) is 11.1 Å². The smallest absolute Gasteiger partial charge is 0.261 e. The van der Waals surface area contributed by atoms with Crippen molar-refractivity contribution in [1.82, 2.24) is 10.2 Å². The Morgan fingerprint density at radius 3 is 2.43 bits per heavy atom. The van der Waals surface area contributed by atoms with Crippen LogP contribution in [0.25, 0.3) is 0 Å². The summed E-state index contributed by atoms with van der Waals surface area (Å²) < 4.78 is 18.6. The summed E-state index contributed by atoms with van der Waals surface area (Å²) in [6.07, 6.45) is 0.484. The highest BCUT2D eigenvalue weighted by Crippen LogP contribution is 2.16. The van der Waals surface area contributed by atoms with E-state index in [2.05, 4.69) is 5.32 Å². The Hall–Kier alpha value is -2.89. The molecule has 5 nitrogen and oxygen atoms in total. The number of nitrogens with zero attached hydrogens (tertiary/aromatic N) is 1. The van der Waals surface area contributed by atoms with E-state index in [1.165, 1.54) is 24.3 Å². The molecule has 0 aromatic heterocycles. The van der Waals surface area contributed by atoms with Gasteiger partial charge in [0.1, 0.15) is 17.6 Å². The normalized spacial score (nSPS) is 11.8. The number of carbonyl (C=O) groups is 2. The summed E-state index contributed by atoms with van der Waals surface area (Å²) in [6, 6.07) is 12.8.